The van der Waals surface area contributed by atoms with E-state index in [9.17, 15) is 0 Å². The Morgan fingerprint density at radius 3 is 2.67 bits per heavy atom. The smallest absolute Gasteiger partial charge is 0.0355 e. The van der Waals surface area contributed by atoms with E-state index in [1.165, 1.54) is 43.8 Å². The molecule has 2 heterocycles. The Morgan fingerprint density at radius 1 is 1.43 bits per heavy atom. The van der Waals surface area contributed by atoms with E-state index in [1.807, 2.05) is 11.3 Å². The fraction of sp³-hybridized carbons (Fsp3) is 0.765. The molecule has 0 saturated carbocycles. The molecule has 2 rings (SSSR count). The van der Waals surface area contributed by atoms with Crippen LogP contribution in [0.15, 0.2) is 17.5 Å². The molecule has 1 aliphatic rings. The lowest BCUT2D eigenvalue weighted by Gasteiger charge is -2.49. The van der Waals surface area contributed by atoms with Gasteiger partial charge in [0.25, 0.3) is 0 Å². The third-order valence-electron chi connectivity index (χ3n) is 5.19. The fourth-order valence-electron chi connectivity index (χ4n) is 3.53. The van der Waals surface area contributed by atoms with Gasteiger partial charge < -0.3 is 10.6 Å². The summed E-state index contributed by atoms with van der Waals surface area (Å²) in [5.41, 5.74) is 6.41. The number of nitrogens with zero attached hydrogens (tertiary/aromatic N) is 2. The molecule has 4 heteroatoms. The number of likely N-dealkylation sites (tertiary alicyclic amines) is 1. The van der Waals surface area contributed by atoms with Crippen LogP contribution >= 0.6 is 11.3 Å². The van der Waals surface area contributed by atoms with Crippen LogP contribution in [0.4, 0.5) is 0 Å². The highest BCUT2D eigenvalue weighted by atomic mass is 32.1. The molecule has 1 unspecified atom stereocenters. The Kier molecular flexibility index (Phi) is 6.23. The van der Waals surface area contributed by atoms with Crippen LogP contribution in [0, 0.1) is 0 Å². The van der Waals surface area contributed by atoms with Gasteiger partial charge in [0.2, 0.25) is 0 Å². The van der Waals surface area contributed by atoms with Crippen LogP contribution in [-0.2, 0) is 6.42 Å². The van der Waals surface area contributed by atoms with Crippen LogP contribution in [-0.4, -0.2) is 54.6 Å². The highest BCUT2D eigenvalue weighted by Crippen LogP contribution is 2.30. The number of likely N-dealkylation sites (N-methyl/N-ethyl adjacent to an activating group) is 1. The molecule has 0 radical (unpaired) electrons. The second kappa shape index (κ2) is 7.73. The molecule has 0 bridgehead atoms. The molecule has 1 aliphatic heterocycles. The van der Waals surface area contributed by atoms with E-state index in [0.29, 0.717) is 6.04 Å². The van der Waals surface area contributed by atoms with Crippen LogP contribution in [0.3, 0.4) is 0 Å². The first kappa shape index (κ1) is 16.9. The molecule has 0 aromatic carbocycles. The third-order valence-corrected chi connectivity index (χ3v) is 6.09. The Bertz CT molecular complexity index is 396. The zero-order valence-corrected chi connectivity index (χ0v) is 14.7. The van der Waals surface area contributed by atoms with E-state index in [1.54, 1.807) is 0 Å². The minimum atomic E-state index is 0.195. The first-order chi connectivity index (χ1) is 10.1. The molecule has 1 atom stereocenters. The van der Waals surface area contributed by atoms with Gasteiger partial charge in [0, 0.05) is 23.0 Å². The lowest BCUT2D eigenvalue weighted by Crippen LogP contribution is -2.60. The van der Waals surface area contributed by atoms with Gasteiger partial charge in [-0.05, 0) is 70.7 Å². The molecule has 3 nitrogen and oxygen atoms in total. The summed E-state index contributed by atoms with van der Waals surface area (Å²) >= 11 is 1.86. The number of hydrogen-bond acceptors (Lipinski definition) is 4. The summed E-state index contributed by atoms with van der Waals surface area (Å²) in [4.78, 5) is 6.63. The summed E-state index contributed by atoms with van der Waals surface area (Å²) < 4.78 is 0. The van der Waals surface area contributed by atoms with E-state index in [-0.39, 0.29) is 5.54 Å². The number of nitrogens with two attached hydrogens (primary N) is 1. The number of piperidine rings is 1. The number of thiophene rings is 1. The van der Waals surface area contributed by atoms with E-state index in [4.69, 9.17) is 5.73 Å². The van der Waals surface area contributed by atoms with Crippen molar-refractivity contribution in [2.24, 2.45) is 5.73 Å². The number of hydrogen-bond donors (Lipinski definition) is 1. The molecule has 1 aromatic rings. The second-order valence-corrected chi connectivity index (χ2v) is 7.55. The number of rotatable bonds is 7. The molecule has 0 spiro atoms. The summed E-state index contributed by atoms with van der Waals surface area (Å²) in [5, 5.41) is 2.17. The summed E-state index contributed by atoms with van der Waals surface area (Å²) in [6.45, 7) is 9.01. The molecule has 1 saturated heterocycles. The van der Waals surface area contributed by atoms with Crippen molar-refractivity contribution in [3.8, 4) is 0 Å². The van der Waals surface area contributed by atoms with Crippen LogP contribution < -0.4 is 5.73 Å². The largest absolute Gasteiger partial charge is 0.329 e. The van der Waals surface area contributed by atoms with Crippen molar-refractivity contribution < 1.29 is 0 Å². The van der Waals surface area contributed by atoms with Crippen molar-refractivity contribution in [3.63, 3.8) is 0 Å². The van der Waals surface area contributed by atoms with Gasteiger partial charge in [-0.25, -0.2) is 0 Å². The van der Waals surface area contributed by atoms with Gasteiger partial charge in [0.05, 0.1) is 0 Å². The normalized spacial score (nSPS) is 20.8. The summed E-state index contributed by atoms with van der Waals surface area (Å²) in [5.74, 6) is 0. The van der Waals surface area contributed by atoms with Crippen molar-refractivity contribution in [1.82, 2.24) is 9.80 Å². The second-order valence-electron chi connectivity index (χ2n) is 6.51. The summed E-state index contributed by atoms with van der Waals surface area (Å²) in [6.07, 6.45) is 4.79. The first-order valence-corrected chi connectivity index (χ1v) is 9.17. The predicted octanol–water partition coefficient (Wildman–Crippen LogP) is 2.81. The molecule has 1 fully saturated rings. The van der Waals surface area contributed by atoms with Crippen LogP contribution in [0.5, 0.6) is 0 Å². The predicted molar refractivity (Wildman–Crippen MR) is 93.0 cm³/mol. The lowest BCUT2D eigenvalue weighted by atomic mass is 9.84. The maximum atomic E-state index is 6.21. The van der Waals surface area contributed by atoms with Crippen LogP contribution in [0.1, 0.15) is 38.0 Å². The molecular formula is C17H31N3S. The molecular weight excluding hydrogens is 278 g/mol. The summed E-state index contributed by atoms with van der Waals surface area (Å²) in [6, 6.07) is 4.94. The lowest BCUT2D eigenvalue weighted by molar-refractivity contribution is 0.0214. The fourth-order valence-corrected chi connectivity index (χ4v) is 4.36. The van der Waals surface area contributed by atoms with Gasteiger partial charge in [-0.15, -0.1) is 11.3 Å². The van der Waals surface area contributed by atoms with Crippen molar-refractivity contribution in [2.75, 3.05) is 33.2 Å². The highest BCUT2D eigenvalue weighted by molar-refractivity contribution is 7.09. The first-order valence-electron chi connectivity index (χ1n) is 8.29. The van der Waals surface area contributed by atoms with Gasteiger partial charge in [-0.2, -0.15) is 0 Å². The van der Waals surface area contributed by atoms with Gasteiger partial charge in [-0.1, -0.05) is 13.0 Å². The van der Waals surface area contributed by atoms with Crippen LogP contribution in [0.25, 0.3) is 0 Å². The Balaban J connectivity index is 1.96. The van der Waals surface area contributed by atoms with E-state index in [2.05, 4.69) is 48.2 Å². The molecule has 0 amide bonds. The quantitative estimate of drug-likeness (QED) is 0.840. The van der Waals surface area contributed by atoms with Gasteiger partial charge in [-0.3, -0.25) is 4.90 Å². The minimum Gasteiger partial charge on any atom is -0.329 e. The van der Waals surface area contributed by atoms with Crippen molar-refractivity contribution in [1.29, 1.82) is 0 Å². The van der Waals surface area contributed by atoms with E-state index in [0.717, 1.165) is 13.0 Å². The Morgan fingerprint density at radius 2 is 2.14 bits per heavy atom. The molecule has 1 aromatic heterocycles. The maximum absolute atomic E-state index is 6.21. The summed E-state index contributed by atoms with van der Waals surface area (Å²) in [7, 11) is 2.28. The standard InChI is InChI=1S/C17H31N3S/c1-4-9-20-10-7-17(14-18,8-11-20)19(3)15(2)13-16-6-5-12-21-16/h5-6,12,15H,4,7-11,13-14,18H2,1-3H3. The van der Waals surface area contributed by atoms with Crippen molar-refractivity contribution >= 4 is 11.3 Å². The zero-order valence-electron chi connectivity index (χ0n) is 13.8. The maximum Gasteiger partial charge on any atom is 0.0355 e. The van der Waals surface area contributed by atoms with E-state index >= 15 is 0 Å². The topological polar surface area (TPSA) is 32.5 Å². The van der Waals surface area contributed by atoms with Gasteiger partial charge in [0.1, 0.15) is 0 Å². The molecule has 0 aliphatic carbocycles. The van der Waals surface area contributed by atoms with E-state index < -0.39 is 0 Å². The van der Waals surface area contributed by atoms with Gasteiger partial charge in [0.15, 0.2) is 0 Å². The SMILES string of the molecule is CCCN1CCC(CN)(N(C)C(C)Cc2cccs2)CC1. The average molecular weight is 310 g/mol. The third kappa shape index (κ3) is 4.07. The molecule has 21 heavy (non-hydrogen) atoms. The monoisotopic (exact) mass is 309 g/mol. The van der Waals surface area contributed by atoms with Crippen molar-refractivity contribution in [2.45, 2.75) is 51.1 Å². The molecule has 2 N–H and O–H groups in total. The van der Waals surface area contributed by atoms with Crippen molar-refractivity contribution in [3.05, 3.63) is 22.4 Å². The van der Waals surface area contributed by atoms with Crippen LogP contribution in [0.2, 0.25) is 0 Å². The minimum absolute atomic E-state index is 0.195. The zero-order chi connectivity index (χ0) is 15.3. The highest BCUT2D eigenvalue weighted by Gasteiger charge is 2.38. The molecule has 120 valence electrons. The van der Waals surface area contributed by atoms with Gasteiger partial charge >= 0.3 is 0 Å². The Labute approximate surface area is 134 Å². The average Bonchev–Trinajstić information content (AvgIpc) is 3.01. The Hall–Kier alpha value is -0.420.